The van der Waals surface area contributed by atoms with Crippen molar-refractivity contribution in [1.82, 2.24) is 25.5 Å². The molecular formula is C8H9N5OS. The van der Waals surface area contributed by atoms with Crippen molar-refractivity contribution in [2.75, 3.05) is 0 Å². The van der Waals surface area contributed by atoms with Crippen LogP contribution in [0.25, 0.3) is 0 Å². The highest BCUT2D eigenvalue weighted by atomic mass is 32.1. The summed E-state index contributed by atoms with van der Waals surface area (Å²) in [5.41, 5.74) is 0.442. The summed E-state index contributed by atoms with van der Waals surface area (Å²) in [6.45, 7) is 2.19. The summed E-state index contributed by atoms with van der Waals surface area (Å²) in [4.78, 5) is 19.5. The minimum atomic E-state index is -0.198. The summed E-state index contributed by atoms with van der Waals surface area (Å²) < 4.78 is 0. The molecule has 78 valence electrons. The minimum Gasteiger partial charge on any atom is -0.343 e. The van der Waals surface area contributed by atoms with Crippen molar-refractivity contribution in [3.8, 4) is 0 Å². The number of hydrogen-bond acceptors (Lipinski definition) is 5. The first-order chi connectivity index (χ1) is 7.25. The standard InChI is InChI=1S/C8H9N5OS/c1-5-12-6(3-15-5)8(14)9-2-7-10-4-11-13-7/h3-4H,2H2,1H3,(H,9,14)(H,10,11,13). The van der Waals surface area contributed by atoms with Gasteiger partial charge in [-0.2, -0.15) is 5.10 Å². The highest BCUT2D eigenvalue weighted by Crippen LogP contribution is 2.07. The van der Waals surface area contributed by atoms with Gasteiger partial charge in [0.05, 0.1) is 11.6 Å². The third-order valence-electron chi connectivity index (χ3n) is 1.73. The number of H-pyrrole nitrogens is 1. The SMILES string of the molecule is Cc1nc(C(=O)NCc2ncn[nH]2)cs1. The van der Waals surface area contributed by atoms with E-state index in [-0.39, 0.29) is 5.91 Å². The monoisotopic (exact) mass is 223 g/mol. The van der Waals surface area contributed by atoms with Crippen LogP contribution in [-0.2, 0) is 6.54 Å². The van der Waals surface area contributed by atoms with Gasteiger partial charge in [0.1, 0.15) is 17.8 Å². The molecule has 1 amide bonds. The Morgan fingerprint density at radius 1 is 1.67 bits per heavy atom. The second-order valence-electron chi connectivity index (χ2n) is 2.87. The van der Waals surface area contributed by atoms with E-state index in [4.69, 9.17) is 0 Å². The number of nitrogens with one attached hydrogen (secondary N) is 2. The van der Waals surface area contributed by atoms with Gasteiger partial charge in [-0.15, -0.1) is 11.3 Å². The van der Waals surface area contributed by atoms with Crippen molar-refractivity contribution >= 4 is 17.2 Å². The van der Waals surface area contributed by atoms with Gasteiger partial charge in [-0.25, -0.2) is 9.97 Å². The first kappa shape index (κ1) is 9.78. The number of amides is 1. The number of aryl methyl sites for hydroxylation is 1. The molecule has 0 aromatic carbocycles. The highest BCUT2D eigenvalue weighted by molar-refractivity contribution is 7.09. The Morgan fingerprint density at radius 2 is 2.53 bits per heavy atom. The van der Waals surface area contributed by atoms with E-state index in [1.165, 1.54) is 17.7 Å². The number of thiazole rings is 1. The lowest BCUT2D eigenvalue weighted by atomic mass is 10.4. The van der Waals surface area contributed by atoms with Gasteiger partial charge in [-0.1, -0.05) is 0 Å². The molecule has 0 aliphatic heterocycles. The number of hydrogen-bond donors (Lipinski definition) is 2. The third kappa shape index (κ3) is 2.38. The molecular weight excluding hydrogens is 214 g/mol. The van der Waals surface area contributed by atoms with Crippen molar-refractivity contribution in [3.63, 3.8) is 0 Å². The summed E-state index contributed by atoms with van der Waals surface area (Å²) in [5.74, 6) is 0.422. The third-order valence-corrected chi connectivity index (χ3v) is 2.51. The Kier molecular flexibility index (Phi) is 2.72. The molecule has 0 fully saturated rings. The van der Waals surface area contributed by atoms with Crippen LogP contribution in [0.1, 0.15) is 21.3 Å². The number of rotatable bonds is 3. The molecule has 0 saturated heterocycles. The summed E-state index contributed by atoms with van der Waals surface area (Å²) in [6, 6.07) is 0. The van der Waals surface area contributed by atoms with Crippen molar-refractivity contribution in [2.24, 2.45) is 0 Å². The first-order valence-corrected chi connectivity index (χ1v) is 5.18. The van der Waals surface area contributed by atoms with Gasteiger partial charge in [-0.3, -0.25) is 9.89 Å². The summed E-state index contributed by atoms with van der Waals surface area (Å²) >= 11 is 1.45. The smallest absolute Gasteiger partial charge is 0.271 e. The van der Waals surface area contributed by atoms with Gasteiger partial charge in [0.15, 0.2) is 0 Å². The van der Waals surface area contributed by atoms with Gasteiger partial charge in [0.25, 0.3) is 5.91 Å². The lowest BCUT2D eigenvalue weighted by Gasteiger charge is -1.98. The molecule has 2 aromatic rings. The van der Waals surface area contributed by atoms with Crippen molar-refractivity contribution in [2.45, 2.75) is 13.5 Å². The Bertz CT molecular complexity index is 449. The Labute approximate surface area is 89.8 Å². The zero-order chi connectivity index (χ0) is 10.7. The van der Waals surface area contributed by atoms with E-state index in [0.717, 1.165) is 5.01 Å². The van der Waals surface area contributed by atoms with E-state index in [1.54, 1.807) is 5.38 Å². The van der Waals surface area contributed by atoms with E-state index < -0.39 is 0 Å². The molecule has 7 heteroatoms. The maximum atomic E-state index is 11.5. The number of carbonyl (C=O) groups is 1. The Morgan fingerprint density at radius 3 is 3.13 bits per heavy atom. The molecule has 0 bridgehead atoms. The maximum Gasteiger partial charge on any atom is 0.271 e. The van der Waals surface area contributed by atoms with E-state index in [9.17, 15) is 4.79 Å². The molecule has 0 radical (unpaired) electrons. The van der Waals surface area contributed by atoms with Gasteiger partial charge < -0.3 is 5.32 Å². The van der Waals surface area contributed by atoms with Crippen LogP contribution in [0.4, 0.5) is 0 Å². The fourth-order valence-corrected chi connectivity index (χ4v) is 1.63. The quantitative estimate of drug-likeness (QED) is 0.793. The molecule has 6 nitrogen and oxygen atoms in total. The lowest BCUT2D eigenvalue weighted by Crippen LogP contribution is -2.23. The van der Waals surface area contributed by atoms with Gasteiger partial charge in [0, 0.05) is 5.38 Å². The molecule has 2 aromatic heterocycles. The van der Waals surface area contributed by atoms with E-state index in [0.29, 0.717) is 18.1 Å². The molecule has 0 aliphatic rings. The average molecular weight is 223 g/mol. The minimum absolute atomic E-state index is 0.198. The van der Waals surface area contributed by atoms with Crippen molar-refractivity contribution in [3.05, 3.63) is 28.2 Å². The molecule has 0 unspecified atom stereocenters. The molecule has 2 N–H and O–H groups in total. The van der Waals surface area contributed by atoms with E-state index in [1.807, 2.05) is 6.92 Å². The second-order valence-corrected chi connectivity index (χ2v) is 3.93. The van der Waals surface area contributed by atoms with Gasteiger partial charge in [-0.05, 0) is 6.92 Å². The lowest BCUT2D eigenvalue weighted by molar-refractivity contribution is 0.0945. The fraction of sp³-hybridized carbons (Fsp3) is 0.250. The zero-order valence-electron chi connectivity index (χ0n) is 8.02. The molecule has 2 rings (SSSR count). The summed E-state index contributed by atoms with van der Waals surface area (Å²) in [6.07, 6.45) is 1.40. The molecule has 0 aliphatic carbocycles. The Balaban J connectivity index is 1.93. The van der Waals surface area contributed by atoms with E-state index in [2.05, 4.69) is 25.5 Å². The largest absolute Gasteiger partial charge is 0.343 e. The van der Waals surface area contributed by atoms with Gasteiger partial charge in [0.2, 0.25) is 0 Å². The highest BCUT2D eigenvalue weighted by Gasteiger charge is 2.08. The molecule has 15 heavy (non-hydrogen) atoms. The van der Waals surface area contributed by atoms with Crippen LogP contribution in [0.5, 0.6) is 0 Å². The van der Waals surface area contributed by atoms with Crippen LogP contribution >= 0.6 is 11.3 Å². The fourth-order valence-electron chi connectivity index (χ4n) is 1.04. The number of carbonyl (C=O) groups excluding carboxylic acids is 1. The average Bonchev–Trinajstić information content (AvgIpc) is 2.84. The van der Waals surface area contributed by atoms with Crippen LogP contribution in [-0.4, -0.2) is 26.1 Å². The number of aromatic nitrogens is 4. The summed E-state index contributed by atoms with van der Waals surface area (Å²) in [7, 11) is 0. The van der Waals surface area contributed by atoms with Crippen LogP contribution in [0, 0.1) is 6.92 Å². The second kappa shape index (κ2) is 4.18. The van der Waals surface area contributed by atoms with Crippen molar-refractivity contribution in [1.29, 1.82) is 0 Å². The predicted molar refractivity (Wildman–Crippen MR) is 54.4 cm³/mol. The topological polar surface area (TPSA) is 83.6 Å². The molecule has 0 atom stereocenters. The Hall–Kier alpha value is -1.76. The number of aromatic amines is 1. The molecule has 0 spiro atoms. The number of nitrogens with zero attached hydrogens (tertiary/aromatic N) is 3. The van der Waals surface area contributed by atoms with Crippen LogP contribution in [0.3, 0.4) is 0 Å². The predicted octanol–water partition coefficient (Wildman–Crippen LogP) is 0.500. The maximum absolute atomic E-state index is 11.5. The van der Waals surface area contributed by atoms with Crippen LogP contribution in [0.15, 0.2) is 11.7 Å². The van der Waals surface area contributed by atoms with Crippen molar-refractivity contribution < 1.29 is 4.79 Å². The van der Waals surface area contributed by atoms with E-state index >= 15 is 0 Å². The zero-order valence-corrected chi connectivity index (χ0v) is 8.84. The molecule has 2 heterocycles. The first-order valence-electron chi connectivity index (χ1n) is 4.30. The van der Waals surface area contributed by atoms with Gasteiger partial charge >= 0.3 is 0 Å². The normalized spacial score (nSPS) is 10.2. The molecule has 0 saturated carbocycles. The summed E-state index contributed by atoms with van der Waals surface area (Å²) in [5, 5.41) is 11.6. The van der Waals surface area contributed by atoms with Crippen LogP contribution in [0.2, 0.25) is 0 Å². The van der Waals surface area contributed by atoms with Crippen LogP contribution < -0.4 is 5.32 Å².